The summed E-state index contributed by atoms with van der Waals surface area (Å²) in [6.07, 6.45) is 8.64. The van der Waals surface area contributed by atoms with Gasteiger partial charge in [-0.05, 0) is 57.1 Å². The maximum Gasteiger partial charge on any atom is 0.267 e. The van der Waals surface area contributed by atoms with Crippen molar-refractivity contribution in [2.24, 2.45) is 0 Å². The predicted octanol–water partition coefficient (Wildman–Crippen LogP) is 1.87. The first-order chi connectivity index (χ1) is 12.3. The number of hydrogen-bond acceptors (Lipinski definition) is 5. The molecule has 1 fully saturated rings. The Bertz CT molecular complexity index is 832. The fraction of sp³-hybridized carbons (Fsp3) is 0.632. The minimum Gasteiger partial charge on any atom is -0.444 e. The molecule has 0 amide bonds. The predicted molar refractivity (Wildman–Crippen MR) is 92.5 cm³/mol. The Labute approximate surface area is 146 Å². The number of likely N-dealkylation sites (tertiary alicyclic amines) is 1. The van der Waals surface area contributed by atoms with Crippen molar-refractivity contribution in [3.63, 3.8) is 0 Å². The topological polar surface area (TPSA) is 64.2 Å². The number of oxazole rings is 1. The second kappa shape index (κ2) is 6.09. The average molecular weight is 340 g/mol. The van der Waals surface area contributed by atoms with Crippen molar-refractivity contribution in [3.05, 3.63) is 45.0 Å². The van der Waals surface area contributed by atoms with E-state index >= 15 is 0 Å². The van der Waals surface area contributed by atoms with Crippen molar-refractivity contribution in [3.8, 4) is 0 Å². The summed E-state index contributed by atoms with van der Waals surface area (Å²) >= 11 is 0. The lowest BCUT2D eigenvalue weighted by atomic mass is 10.2. The summed E-state index contributed by atoms with van der Waals surface area (Å²) in [6, 6.07) is 2.14. The van der Waals surface area contributed by atoms with Crippen LogP contribution in [0.5, 0.6) is 0 Å². The van der Waals surface area contributed by atoms with Crippen LogP contribution in [0.25, 0.3) is 0 Å². The van der Waals surface area contributed by atoms with E-state index in [4.69, 9.17) is 4.42 Å². The zero-order chi connectivity index (χ0) is 16.8. The van der Waals surface area contributed by atoms with E-state index in [0.717, 1.165) is 86.6 Å². The number of aromatic nitrogens is 3. The van der Waals surface area contributed by atoms with Gasteiger partial charge in [0, 0.05) is 18.5 Å². The van der Waals surface area contributed by atoms with E-state index in [1.807, 2.05) is 0 Å². The monoisotopic (exact) mass is 340 g/mol. The smallest absolute Gasteiger partial charge is 0.267 e. The van der Waals surface area contributed by atoms with E-state index in [0.29, 0.717) is 12.6 Å². The highest BCUT2D eigenvalue weighted by atomic mass is 16.4. The van der Waals surface area contributed by atoms with Gasteiger partial charge in [-0.3, -0.25) is 9.69 Å². The largest absolute Gasteiger partial charge is 0.444 e. The summed E-state index contributed by atoms with van der Waals surface area (Å²) in [5.41, 5.74) is 3.47. The van der Waals surface area contributed by atoms with Crippen LogP contribution < -0.4 is 5.56 Å². The normalized spacial score (nSPS) is 22.5. The van der Waals surface area contributed by atoms with Crippen LogP contribution in [0.4, 0.5) is 0 Å². The van der Waals surface area contributed by atoms with Crippen molar-refractivity contribution in [2.45, 2.75) is 70.5 Å². The lowest BCUT2D eigenvalue weighted by Crippen LogP contribution is -2.37. The first kappa shape index (κ1) is 15.3. The third-order valence-electron chi connectivity index (χ3n) is 5.88. The quantitative estimate of drug-likeness (QED) is 0.850. The molecule has 0 bridgehead atoms. The van der Waals surface area contributed by atoms with Crippen LogP contribution in [0.15, 0.2) is 15.3 Å². The molecule has 0 radical (unpaired) electrons. The van der Waals surface area contributed by atoms with Gasteiger partial charge in [0.1, 0.15) is 5.76 Å². The molecule has 2 aliphatic carbocycles. The van der Waals surface area contributed by atoms with Gasteiger partial charge in [0.25, 0.3) is 5.56 Å². The summed E-state index contributed by atoms with van der Waals surface area (Å²) in [5, 5.41) is 4.64. The molecule has 25 heavy (non-hydrogen) atoms. The van der Waals surface area contributed by atoms with Crippen LogP contribution >= 0.6 is 0 Å². The Morgan fingerprint density at radius 1 is 1.12 bits per heavy atom. The minimum absolute atomic E-state index is 0.0441. The lowest BCUT2D eigenvalue weighted by molar-refractivity contribution is 0.196. The van der Waals surface area contributed by atoms with Crippen molar-refractivity contribution in [1.82, 2.24) is 19.7 Å². The summed E-state index contributed by atoms with van der Waals surface area (Å²) < 4.78 is 7.62. The summed E-state index contributed by atoms with van der Waals surface area (Å²) in [6.45, 7) is 2.46. The van der Waals surface area contributed by atoms with E-state index in [2.05, 4.69) is 15.0 Å². The Balaban J connectivity index is 1.32. The average Bonchev–Trinajstić information content (AvgIpc) is 3.33. The molecule has 0 spiro atoms. The first-order valence-electron chi connectivity index (χ1n) is 9.58. The summed E-state index contributed by atoms with van der Waals surface area (Å²) in [7, 11) is 0. The molecule has 1 aliphatic heterocycles. The fourth-order valence-electron chi connectivity index (χ4n) is 4.57. The third-order valence-corrected chi connectivity index (χ3v) is 5.88. The maximum atomic E-state index is 12.4. The number of aryl methyl sites for hydroxylation is 4. The molecule has 6 heteroatoms. The van der Waals surface area contributed by atoms with Gasteiger partial charge in [-0.15, -0.1) is 0 Å². The highest BCUT2D eigenvalue weighted by molar-refractivity contribution is 5.22. The maximum absolute atomic E-state index is 12.4. The zero-order valence-corrected chi connectivity index (χ0v) is 14.5. The van der Waals surface area contributed by atoms with Gasteiger partial charge in [-0.2, -0.15) is 5.10 Å². The van der Waals surface area contributed by atoms with E-state index < -0.39 is 0 Å². The fourth-order valence-corrected chi connectivity index (χ4v) is 4.57. The molecule has 0 N–H and O–H groups in total. The number of nitrogens with zero attached hydrogens (tertiary/aromatic N) is 4. The highest BCUT2D eigenvalue weighted by Crippen LogP contribution is 2.26. The molecule has 1 unspecified atom stereocenters. The van der Waals surface area contributed by atoms with Gasteiger partial charge in [-0.1, -0.05) is 0 Å². The van der Waals surface area contributed by atoms with Gasteiger partial charge in [0.2, 0.25) is 5.89 Å². The van der Waals surface area contributed by atoms with E-state index in [1.165, 1.54) is 6.42 Å². The zero-order valence-electron chi connectivity index (χ0n) is 14.5. The first-order valence-corrected chi connectivity index (χ1v) is 9.58. The van der Waals surface area contributed by atoms with Crippen molar-refractivity contribution >= 4 is 0 Å². The summed E-state index contributed by atoms with van der Waals surface area (Å²) in [4.78, 5) is 19.5. The van der Waals surface area contributed by atoms with Crippen LogP contribution in [-0.2, 0) is 38.8 Å². The molecule has 5 rings (SSSR count). The van der Waals surface area contributed by atoms with Crippen LogP contribution in [0.2, 0.25) is 0 Å². The van der Waals surface area contributed by atoms with Crippen molar-refractivity contribution in [1.29, 1.82) is 0 Å². The van der Waals surface area contributed by atoms with Gasteiger partial charge in [-0.25, -0.2) is 9.67 Å². The Morgan fingerprint density at radius 3 is 2.92 bits per heavy atom. The van der Waals surface area contributed by atoms with Crippen LogP contribution in [0, 0.1) is 0 Å². The van der Waals surface area contributed by atoms with E-state index in [1.54, 1.807) is 10.7 Å². The summed E-state index contributed by atoms with van der Waals surface area (Å²) in [5.74, 6) is 1.92. The molecular weight excluding hydrogens is 316 g/mol. The van der Waals surface area contributed by atoms with Gasteiger partial charge in [0.05, 0.1) is 24.5 Å². The Morgan fingerprint density at radius 2 is 2.00 bits per heavy atom. The van der Waals surface area contributed by atoms with E-state index in [9.17, 15) is 4.79 Å². The number of rotatable bonds is 4. The lowest BCUT2D eigenvalue weighted by Gasteiger charge is -2.23. The van der Waals surface area contributed by atoms with Gasteiger partial charge in [0.15, 0.2) is 0 Å². The SMILES string of the molecule is O=c1cc2c(nn1CC1CCCN1Cc1nc3c(o1)CCC3)CCC2. The molecule has 6 nitrogen and oxygen atoms in total. The molecule has 2 aromatic rings. The second-order valence-electron chi connectivity index (χ2n) is 7.59. The molecule has 0 aromatic carbocycles. The van der Waals surface area contributed by atoms with E-state index in [-0.39, 0.29) is 5.56 Å². The third kappa shape index (κ3) is 2.82. The molecule has 132 valence electrons. The van der Waals surface area contributed by atoms with Crippen LogP contribution in [0.1, 0.15) is 54.3 Å². The van der Waals surface area contributed by atoms with Crippen molar-refractivity contribution in [2.75, 3.05) is 6.54 Å². The van der Waals surface area contributed by atoms with Crippen LogP contribution in [0.3, 0.4) is 0 Å². The molecular formula is C19H24N4O2. The number of hydrogen-bond donors (Lipinski definition) is 0. The molecule has 3 heterocycles. The number of fused-ring (bicyclic) bond motifs is 2. The molecule has 1 saturated heterocycles. The standard InChI is InChI=1S/C19H24N4O2/c24-19-10-13-4-1-6-15(13)21-23(19)11-14-5-3-9-22(14)12-18-20-16-7-2-8-17(16)25-18/h10,14H,1-9,11-12H2. The Kier molecular flexibility index (Phi) is 3.73. The van der Waals surface area contributed by atoms with Crippen molar-refractivity contribution < 1.29 is 4.42 Å². The van der Waals surface area contributed by atoms with Gasteiger partial charge >= 0.3 is 0 Å². The molecule has 3 aliphatic rings. The molecule has 2 aromatic heterocycles. The highest BCUT2D eigenvalue weighted by Gasteiger charge is 2.28. The van der Waals surface area contributed by atoms with Crippen LogP contribution in [-0.4, -0.2) is 32.3 Å². The Hall–Kier alpha value is -1.95. The van der Waals surface area contributed by atoms with Gasteiger partial charge < -0.3 is 4.42 Å². The molecule has 1 atom stereocenters. The second-order valence-corrected chi connectivity index (χ2v) is 7.59. The minimum atomic E-state index is 0.0441. The molecule has 0 saturated carbocycles.